The quantitative estimate of drug-likeness (QED) is 0.439. The Morgan fingerprint density at radius 2 is 1.67 bits per heavy atom. The Balaban J connectivity index is 0. The summed E-state index contributed by atoms with van der Waals surface area (Å²) in [6, 6.07) is 2.03. The lowest BCUT2D eigenvalue weighted by molar-refractivity contribution is 0.849. The average Bonchev–Trinajstić information content (AvgIpc) is 1.38. The maximum absolute atomic E-state index is 7.89. The summed E-state index contributed by atoms with van der Waals surface area (Å²) in [6.45, 7) is 3.72. The van der Waals surface area contributed by atoms with Crippen molar-refractivity contribution in [3.63, 3.8) is 0 Å². The molecule has 0 saturated carbocycles. The summed E-state index contributed by atoms with van der Waals surface area (Å²) in [7, 11) is 0. The van der Waals surface area contributed by atoms with E-state index < -0.39 is 0 Å². The van der Waals surface area contributed by atoms with E-state index in [1.54, 1.807) is 0 Å². The Morgan fingerprint density at radius 3 is 1.67 bits per heavy atom. The Labute approximate surface area is 37.0 Å². The highest BCUT2D eigenvalue weighted by molar-refractivity contribution is 4.72. The Kier molecular flexibility index (Phi) is 6.67. The third kappa shape index (κ3) is 9.93. The van der Waals surface area contributed by atoms with E-state index in [0.29, 0.717) is 0 Å². The molecule has 0 atom stereocenters. The minimum absolute atomic E-state index is 0. The SMILES string of the molecule is CC(C)C#N.F. The van der Waals surface area contributed by atoms with Gasteiger partial charge in [-0.3, -0.25) is 4.70 Å². The third-order valence-electron chi connectivity index (χ3n) is 0.258. The van der Waals surface area contributed by atoms with Gasteiger partial charge in [0.2, 0.25) is 0 Å². The molecule has 0 aliphatic heterocycles. The molecule has 2 heteroatoms. The minimum Gasteiger partial charge on any atom is -0.269 e. The van der Waals surface area contributed by atoms with Gasteiger partial charge in [0.25, 0.3) is 0 Å². The minimum atomic E-state index is 0. The van der Waals surface area contributed by atoms with E-state index in [2.05, 4.69) is 0 Å². The predicted octanol–water partition coefficient (Wildman–Crippen LogP) is 1.32. The summed E-state index contributed by atoms with van der Waals surface area (Å²) in [6.07, 6.45) is 0. The first-order chi connectivity index (χ1) is 2.27. The van der Waals surface area contributed by atoms with Crippen LogP contribution in [-0.2, 0) is 0 Å². The fraction of sp³-hybridized carbons (Fsp3) is 0.750. The van der Waals surface area contributed by atoms with Gasteiger partial charge in [-0.2, -0.15) is 5.26 Å². The molecule has 0 aliphatic rings. The highest BCUT2D eigenvalue weighted by Crippen LogP contribution is 1.81. The van der Waals surface area contributed by atoms with Gasteiger partial charge < -0.3 is 0 Å². The third-order valence-corrected chi connectivity index (χ3v) is 0.258. The molecule has 0 aromatic rings. The summed E-state index contributed by atoms with van der Waals surface area (Å²) in [5.41, 5.74) is 0. The van der Waals surface area contributed by atoms with Crippen LogP contribution >= 0.6 is 0 Å². The maximum atomic E-state index is 7.89. The molecule has 0 saturated heterocycles. The zero-order valence-corrected chi connectivity index (χ0v) is 3.93. The van der Waals surface area contributed by atoms with Crippen LogP contribution in [0.2, 0.25) is 0 Å². The van der Waals surface area contributed by atoms with Crippen LogP contribution in [0.4, 0.5) is 4.70 Å². The van der Waals surface area contributed by atoms with Crippen LogP contribution in [0.5, 0.6) is 0 Å². The summed E-state index contributed by atoms with van der Waals surface area (Å²) < 4.78 is 0. The molecule has 0 spiro atoms. The molecule has 0 rings (SSSR count). The van der Waals surface area contributed by atoms with E-state index in [0.717, 1.165) is 0 Å². The first-order valence-corrected chi connectivity index (χ1v) is 1.67. The van der Waals surface area contributed by atoms with Gasteiger partial charge in [0.1, 0.15) is 0 Å². The van der Waals surface area contributed by atoms with Crippen LogP contribution < -0.4 is 0 Å². The molecule has 0 radical (unpaired) electrons. The number of hydrogen-bond donors (Lipinski definition) is 0. The van der Waals surface area contributed by atoms with Crippen molar-refractivity contribution in [1.29, 1.82) is 5.26 Å². The second-order valence-electron chi connectivity index (χ2n) is 1.28. The van der Waals surface area contributed by atoms with Crippen LogP contribution in [0.3, 0.4) is 0 Å². The van der Waals surface area contributed by atoms with Crippen molar-refractivity contribution in [3.8, 4) is 6.07 Å². The van der Waals surface area contributed by atoms with Gasteiger partial charge in [0.15, 0.2) is 0 Å². The Hall–Kier alpha value is -0.580. The molecule has 0 N–H and O–H groups in total. The van der Waals surface area contributed by atoms with Crippen LogP contribution in [-0.4, -0.2) is 0 Å². The van der Waals surface area contributed by atoms with Crippen molar-refractivity contribution < 1.29 is 4.70 Å². The molecule has 0 amide bonds. The zero-order valence-electron chi connectivity index (χ0n) is 3.93. The topological polar surface area (TPSA) is 23.8 Å². The van der Waals surface area contributed by atoms with E-state index >= 15 is 0 Å². The maximum Gasteiger partial charge on any atom is 0.0649 e. The molecule has 0 heterocycles. The number of nitrogens with zero attached hydrogens (tertiary/aromatic N) is 1. The fourth-order valence-electron chi connectivity index (χ4n) is 0. The van der Waals surface area contributed by atoms with Crippen molar-refractivity contribution in [3.05, 3.63) is 0 Å². The highest BCUT2D eigenvalue weighted by atomic mass is 19.0. The second kappa shape index (κ2) is 4.42. The van der Waals surface area contributed by atoms with Gasteiger partial charge in [0, 0.05) is 5.92 Å². The molecule has 6 heavy (non-hydrogen) atoms. The standard InChI is InChI=1S/C4H7N.FH/c1-4(2)3-5;/h4H,1-2H3;1H. The number of rotatable bonds is 0. The molecular formula is C4H8FN. The molecule has 0 fully saturated rings. The zero-order chi connectivity index (χ0) is 4.28. The molecule has 36 valence electrons. The van der Waals surface area contributed by atoms with Gasteiger partial charge in [-0.15, -0.1) is 0 Å². The van der Waals surface area contributed by atoms with Gasteiger partial charge in [-0.05, 0) is 13.8 Å². The van der Waals surface area contributed by atoms with E-state index in [1.807, 2.05) is 19.9 Å². The van der Waals surface area contributed by atoms with Crippen molar-refractivity contribution in [2.45, 2.75) is 13.8 Å². The van der Waals surface area contributed by atoms with Crippen molar-refractivity contribution in [1.82, 2.24) is 0 Å². The lowest BCUT2D eigenvalue weighted by atomic mass is 10.3. The molecule has 0 aromatic heterocycles. The van der Waals surface area contributed by atoms with Crippen molar-refractivity contribution in [2.24, 2.45) is 5.92 Å². The van der Waals surface area contributed by atoms with Gasteiger partial charge in [0.05, 0.1) is 6.07 Å². The lowest BCUT2D eigenvalue weighted by Crippen LogP contribution is -1.72. The molecule has 0 aromatic carbocycles. The van der Waals surface area contributed by atoms with Crippen LogP contribution in [0.1, 0.15) is 13.8 Å². The molecule has 0 unspecified atom stereocenters. The van der Waals surface area contributed by atoms with Gasteiger partial charge >= 0.3 is 0 Å². The first kappa shape index (κ1) is 9.05. The fourth-order valence-corrected chi connectivity index (χ4v) is 0. The summed E-state index contributed by atoms with van der Waals surface area (Å²) in [5.74, 6) is 0.190. The average molecular weight is 89.1 g/mol. The normalized spacial score (nSPS) is 6.33. The van der Waals surface area contributed by atoms with Crippen LogP contribution in [0, 0.1) is 17.2 Å². The lowest BCUT2D eigenvalue weighted by Gasteiger charge is -1.75. The summed E-state index contributed by atoms with van der Waals surface area (Å²) >= 11 is 0. The number of halogens is 1. The molecule has 0 bridgehead atoms. The number of hydrogen-bond acceptors (Lipinski definition) is 1. The van der Waals surface area contributed by atoms with Gasteiger partial charge in [-0.1, -0.05) is 0 Å². The number of nitriles is 1. The van der Waals surface area contributed by atoms with Crippen LogP contribution in [0.15, 0.2) is 0 Å². The van der Waals surface area contributed by atoms with E-state index in [9.17, 15) is 0 Å². The van der Waals surface area contributed by atoms with Crippen molar-refractivity contribution in [2.75, 3.05) is 0 Å². The summed E-state index contributed by atoms with van der Waals surface area (Å²) in [4.78, 5) is 0. The van der Waals surface area contributed by atoms with Gasteiger partial charge in [-0.25, -0.2) is 0 Å². The summed E-state index contributed by atoms with van der Waals surface area (Å²) in [5, 5.41) is 7.89. The Bertz CT molecular complexity index is 53.1. The first-order valence-electron chi connectivity index (χ1n) is 1.67. The molecular weight excluding hydrogens is 81.0 g/mol. The molecule has 0 aliphatic carbocycles. The van der Waals surface area contributed by atoms with Crippen molar-refractivity contribution >= 4 is 0 Å². The van der Waals surface area contributed by atoms with E-state index in [4.69, 9.17) is 5.26 Å². The smallest absolute Gasteiger partial charge is 0.0649 e. The van der Waals surface area contributed by atoms with E-state index in [1.165, 1.54) is 0 Å². The Morgan fingerprint density at radius 1 is 1.50 bits per heavy atom. The molecule has 1 nitrogen and oxygen atoms in total. The van der Waals surface area contributed by atoms with Crippen LogP contribution in [0.25, 0.3) is 0 Å². The highest BCUT2D eigenvalue weighted by Gasteiger charge is 1.78. The second-order valence-corrected chi connectivity index (χ2v) is 1.28. The largest absolute Gasteiger partial charge is 0.269 e. The monoisotopic (exact) mass is 89.1 g/mol. The predicted molar refractivity (Wildman–Crippen MR) is 23.0 cm³/mol. The van der Waals surface area contributed by atoms with E-state index in [-0.39, 0.29) is 10.6 Å².